The Bertz CT molecular complexity index is 700. The van der Waals surface area contributed by atoms with E-state index < -0.39 is 0 Å². The molecule has 1 fully saturated rings. The lowest BCUT2D eigenvalue weighted by Crippen LogP contribution is -2.32. The average molecular weight is 315 g/mol. The van der Waals surface area contributed by atoms with Gasteiger partial charge in [-0.05, 0) is 37.0 Å². The molecule has 1 amide bonds. The monoisotopic (exact) mass is 315 g/mol. The lowest BCUT2D eigenvalue weighted by molar-refractivity contribution is -0.122. The molecule has 1 aliphatic carbocycles. The van der Waals surface area contributed by atoms with Crippen LogP contribution in [-0.4, -0.2) is 22.2 Å². The van der Waals surface area contributed by atoms with Crippen molar-refractivity contribution in [2.24, 2.45) is 5.92 Å². The van der Waals surface area contributed by atoms with Crippen LogP contribution < -0.4 is 10.9 Å². The maximum Gasteiger partial charge on any atom is 0.266 e. The second-order valence-electron chi connectivity index (χ2n) is 5.96. The summed E-state index contributed by atoms with van der Waals surface area (Å²) in [4.78, 5) is 23.7. The number of nitrogens with one attached hydrogen (secondary N) is 1. The van der Waals surface area contributed by atoms with E-state index in [9.17, 15) is 9.59 Å². The van der Waals surface area contributed by atoms with Crippen molar-refractivity contribution in [2.45, 2.75) is 38.6 Å². The number of carbonyl (C=O) groups excluding carboxylic acids is 1. The minimum atomic E-state index is -0.189. The molecule has 3 rings (SSSR count). The fourth-order valence-electron chi connectivity index (χ4n) is 3.01. The molecule has 0 aromatic carbocycles. The van der Waals surface area contributed by atoms with Crippen LogP contribution in [0.25, 0.3) is 11.5 Å². The molecule has 2 heterocycles. The van der Waals surface area contributed by atoms with Crippen molar-refractivity contribution in [3.8, 4) is 11.5 Å². The molecule has 0 atom stereocenters. The molecule has 0 spiro atoms. The predicted molar refractivity (Wildman–Crippen MR) is 85.8 cm³/mol. The molecule has 0 saturated heterocycles. The van der Waals surface area contributed by atoms with Crippen LogP contribution in [0.1, 0.15) is 32.1 Å². The Morgan fingerprint density at radius 2 is 2.13 bits per heavy atom. The van der Waals surface area contributed by atoms with E-state index in [0.29, 0.717) is 36.9 Å². The maximum atomic E-state index is 11.9. The summed E-state index contributed by atoms with van der Waals surface area (Å²) in [5.41, 5.74) is 0.414. The third kappa shape index (κ3) is 4.09. The van der Waals surface area contributed by atoms with E-state index in [4.69, 9.17) is 4.42 Å². The summed E-state index contributed by atoms with van der Waals surface area (Å²) in [6, 6.07) is 6.66. The SMILES string of the molecule is O=C(CC1CCCC1)NCCn1nc(-c2ccco2)ccc1=O. The molecular formula is C17H21N3O3. The summed E-state index contributed by atoms with van der Waals surface area (Å²) < 4.78 is 6.64. The van der Waals surface area contributed by atoms with E-state index in [1.54, 1.807) is 24.5 Å². The quantitative estimate of drug-likeness (QED) is 0.886. The van der Waals surface area contributed by atoms with Gasteiger partial charge in [0.1, 0.15) is 5.69 Å². The van der Waals surface area contributed by atoms with Gasteiger partial charge in [-0.25, -0.2) is 4.68 Å². The van der Waals surface area contributed by atoms with Crippen LogP contribution in [0.15, 0.2) is 39.7 Å². The molecule has 0 aliphatic heterocycles. The third-order valence-corrected chi connectivity index (χ3v) is 4.23. The number of amides is 1. The van der Waals surface area contributed by atoms with Gasteiger partial charge in [0.2, 0.25) is 5.91 Å². The molecule has 122 valence electrons. The maximum absolute atomic E-state index is 11.9. The standard InChI is InChI=1S/C17H21N3O3/c21-16(12-13-4-1-2-5-13)18-9-10-20-17(22)8-7-14(19-20)15-6-3-11-23-15/h3,6-8,11,13H,1-2,4-5,9-10,12H2,(H,18,21). The summed E-state index contributed by atoms with van der Waals surface area (Å²) in [7, 11) is 0. The van der Waals surface area contributed by atoms with Crippen LogP contribution >= 0.6 is 0 Å². The molecule has 0 radical (unpaired) electrons. The Labute approximate surface area is 134 Å². The fourth-order valence-corrected chi connectivity index (χ4v) is 3.01. The van der Waals surface area contributed by atoms with Crippen LogP contribution in [-0.2, 0) is 11.3 Å². The van der Waals surface area contributed by atoms with Crippen LogP contribution in [0.5, 0.6) is 0 Å². The lowest BCUT2D eigenvalue weighted by Gasteiger charge is -2.10. The van der Waals surface area contributed by atoms with Gasteiger partial charge in [-0.15, -0.1) is 0 Å². The number of nitrogens with zero attached hydrogens (tertiary/aromatic N) is 2. The molecule has 0 unspecified atom stereocenters. The first-order valence-electron chi connectivity index (χ1n) is 8.11. The van der Waals surface area contributed by atoms with Crippen LogP contribution in [0, 0.1) is 5.92 Å². The molecule has 1 N–H and O–H groups in total. The van der Waals surface area contributed by atoms with E-state index in [1.807, 2.05) is 0 Å². The molecule has 2 aromatic heterocycles. The third-order valence-electron chi connectivity index (χ3n) is 4.23. The van der Waals surface area contributed by atoms with Crippen molar-refractivity contribution in [1.82, 2.24) is 15.1 Å². The zero-order valence-electron chi connectivity index (χ0n) is 13.0. The topological polar surface area (TPSA) is 77.1 Å². The van der Waals surface area contributed by atoms with Crippen molar-refractivity contribution in [3.63, 3.8) is 0 Å². The number of aromatic nitrogens is 2. The molecule has 1 aliphatic rings. The first-order chi connectivity index (χ1) is 11.2. The molecular weight excluding hydrogens is 294 g/mol. The van der Waals surface area contributed by atoms with Crippen molar-refractivity contribution in [3.05, 3.63) is 40.9 Å². The zero-order chi connectivity index (χ0) is 16.1. The number of carbonyl (C=O) groups is 1. The highest BCUT2D eigenvalue weighted by atomic mass is 16.3. The average Bonchev–Trinajstić information content (AvgIpc) is 3.22. The van der Waals surface area contributed by atoms with Crippen LogP contribution in [0.3, 0.4) is 0 Å². The number of hydrogen-bond donors (Lipinski definition) is 1. The van der Waals surface area contributed by atoms with E-state index in [0.717, 1.165) is 12.8 Å². The Morgan fingerprint density at radius 1 is 1.30 bits per heavy atom. The molecule has 23 heavy (non-hydrogen) atoms. The Morgan fingerprint density at radius 3 is 2.87 bits per heavy atom. The highest BCUT2D eigenvalue weighted by molar-refractivity contribution is 5.76. The summed E-state index contributed by atoms with van der Waals surface area (Å²) in [5, 5.41) is 7.15. The van der Waals surface area contributed by atoms with Gasteiger partial charge < -0.3 is 9.73 Å². The number of rotatable bonds is 6. The summed E-state index contributed by atoms with van der Waals surface area (Å²) in [6.07, 6.45) is 6.93. The second-order valence-corrected chi connectivity index (χ2v) is 5.96. The van der Waals surface area contributed by atoms with Crippen molar-refractivity contribution in [2.75, 3.05) is 6.54 Å². The van der Waals surface area contributed by atoms with Gasteiger partial charge in [0, 0.05) is 19.0 Å². The van der Waals surface area contributed by atoms with E-state index in [1.165, 1.54) is 23.6 Å². The number of hydrogen-bond acceptors (Lipinski definition) is 4. The highest BCUT2D eigenvalue weighted by Crippen LogP contribution is 2.27. The zero-order valence-corrected chi connectivity index (χ0v) is 13.0. The largest absolute Gasteiger partial charge is 0.463 e. The Hall–Kier alpha value is -2.37. The van der Waals surface area contributed by atoms with Gasteiger partial charge >= 0.3 is 0 Å². The van der Waals surface area contributed by atoms with Gasteiger partial charge in [-0.3, -0.25) is 9.59 Å². The normalized spacial score (nSPS) is 15.0. The van der Waals surface area contributed by atoms with Crippen LogP contribution in [0.2, 0.25) is 0 Å². The van der Waals surface area contributed by atoms with Gasteiger partial charge in [0.15, 0.2) is 5.76 Å². The molecule has 2 aromatic rings. The fraction of sp³-hybridized carbons (Fsp3) is 0.471. The van der Waals surface area contributed by atoms with E-state index in [2.05, 4.69) is 10.4 Å². The van der Waals surface area contributed by atoms with E-state index >= 15 is 0 Å². The van der Waals surface area contributed by atoms with Crippen molar-refractivity contribution in [1.29, 1.82) is 0 Å². The van der Waals surface area contributed by atoms with Gasteiger partial charge in [-0.2, -0.15) is 5.10 Å². The second kappa shape index (κ2) is 7.26. The smallest absolute Gasteiger partial charge is 0.266 e. The van der Waals surface area contributed by atoms with Crippen LogP contribution in [0.4, 0.5) is 0 Å². The summed E-state index contributed by atoms with van der Waals surface area (Å²) in [5.74, 6) is 1.20. The molecule has 6 heteroatoms. The molecule has 1 saturated carbocycles. The Kier molecular flexibility index (Phi) is 4.90. The molecule has 0 bridgehead atoms. The first kappa shape index (κ1) is 15.5. The van der Waals surface area contributed by atoms with Crippen molar-refractivity contribution < 1.29 is 9.21 Å². The predicted octanol–water partition coefficient (Wildman–Crippen LogP) is 2.20. The van der Waals surface area contributed by atoms with Crippen molar-refractivity contribution >= 4 is 5.91 Å². The summed E-state index contributed by atoms with van der Waals surface area (Å²) >= 11 is 0. The van der Waals surface area contributed by atoms with E-state index in [-0.39, 0.29) is 11.5 Å². The minimum Gasteiger partial charge on any atom is -0.463 e. The van der Waals surface area contributed by atoms with Gasteiger partial charge in [0.05, 0.1) is 12.8 Å². The lowest BCUT2D eigenvalue weighted by atomic mass is 10.0. The first-order valence-corrected chi connectivity index (χ1v) is 8.11. The molecule has 6 nitrogen and oxygen atoms in total. The minimum absolute atomic E-state index is 0.0622. The highest BCUT2D eigenvalue weighted by Gasteiger charge is 2.18. The van der Waals surface area contributed by atoms with Gasteiger partial charge in [0.25, 0.3) is 5.56 Å². The Balaban J connectivity index is 1.54. The van der Waals surface area contributed by atoms with Gasteiger partial charge in [-0.1, -0.05) is 12.8 Å². The summed E-state index contributed by atoms with van der Waals surface area (Å²) in [6.45, 7) is 0.754. The number of furan rings is 1.